The van der Waals surface area contributed by atoms with Crippen LogP contribution in [0.25, 0.3) is 5.70 Å². The van der Waals surface area contributed by atoms with Crippen LogP contribution in [0.4, 0.5) is 0 Å². The van der Waals surface area contributed by atoms with E-state index in [4.69, 9.17) is 0 Å². The molecule has 0 atom stereocenters. The van der Waals surface area contributed by atoms with Gasteiger partial charge in [-0.05, 0) is 26.3 Å². The lowest BCUT2D eigenvalue weighted by atomic mass is 10.0. The number of nitrogens with one attached hydrogen (secondary N) is 2. The lowest BCUT2D eigenvalue weighted by Crippen LogP contribution is -2.31. The van der Waals surface area contributed by atoms with Gasteiger partial charge in [0.05, 0.1) is 0 Å². The van der Waals surface area contributed by atoms with Crippen LogP contribution in [0.15, 0.2) is 29.8 Å². The minimum Gasteiger partial charge on any atom is -0.383 e. The van der Waals surface area contributed by atoms with E-state index in [1.807, 2.05) is 13.8 Å². The van der Waals surface area contributed by atoms with E-state index in [2.05, 4.69) is 69.5 Å². The SMILES string of the molecule is CC.CC(C)=C(NCCNC(C)C)c1ccccc1C. The van der Waals surface area contributed by atoms with Crippen LogP contribution in [-0.2, 0) is 0 Å². The van der Waals surface area contributed by atoms with Crippen molar-refractivity contribution >= 4 is 5.70 Å². The zero-order valence-corrected chi connectivity index (χ0v) is 14.3. The van der Waals surface area contributed by atoms with Crippen molar-refractivity contribution in [2.24, 2.45) is 0 Å². The van der Waals surface area contributed by atoms with Crippen molar-refractivity contribution in [3.05, 3.63) is 41.0 Å². The molecule has 0 saturated heterocycles. The maximum atomic E-state index is 3.55. The Bertz CT molecular complexity index is 402. The van der Waals surface area contributed by atoms with Crippen LogP contribution >= 0.6 is 0 Å². The smallest absolute Gasteiger partial charge is 0.0403 e. The molecular weight excluding hydrogens is 244 g/mol. The highest BCUT2D eigenvalue weighted by atomic mass is 15.0. The van der Waals surface area contributed by atoms with E-state index in [1.54, 1.807) is 0 Å². The van der Waals surface area contributed by atoms with Crippen molar-refractivity contribution in [1.29, 1.82) is 0 Å². The second-order valence-electron chi connectivity index (χ2n) is 5.23. The molecule has 2 heteroatoms. The summed E-state index contributed by atoms with van der Waals surface area (Å²) in [6, 6.07) is 9.06. The number of benzene rings is 1. The zero-order chi connectivity index (χ0) is 15.5. The molecule has 1 rings (SSSR count). The predicted molar refractivity (Wildman–Crippen MR) is 91.9 cm³/mol. The Hall–Kier alpha value is -1.28. The van der Waals surface area contributed by atoms with Gasteiger partial charge < -0.3 is 10.6 Å². The van der Waals surface area contributed by atoms with Crippen molar-refractivity contribution in [3.8, 4) is 0 Å². The number of rotatable bonds is 6. The van der Waals surface area contributed by atoms with Gasteiger partial charge in [0.1, 0.15) is 0 Å². The van der Waals surface area contributed by atoms with Gasteiger partial charge >= 0.3 is 0 Å². The van der Waals surface area contributed by atoms with Gasteiger partial charge in [-0.15, -0.1) is 0 Å². The van der Waals surface area contributed by atoms with E-state index in [0.29, 0.717) is 6.04 Å². The molecule has 0 unspecified atom stereocenters. The standard InChI is InChI=1S/C16H26N2.C2H6/c1-12(2)16(18-11-10-17-13(3)4)15-9-7-6-8-14(15)5;1-2/h6-9,13,17-18H,10-11H2,1-5H3;1-2H3. The maximum Gasteiger partial charge on any atom is 0.0403 e. The minimum atomic E-state index is 0.542. The fourth-order valence-electron chi connectivity index (χ4n) is 1.94. The Morgan fingerprint density at radius 3 is 2.15 bits per heavy atom. The van der Waals surface area contributed by atoms with Crippen LogP contribution in [0.1, 0.15) is 52.7 Å². The van der Waals surface area contributed by atoms with Crippen LogP contribution < -0.4 is 10.6 Å². The summed E-state index contributed by atoms with van der Waals surface area (Å²) in [7, 11) is 0. The van der Waals surface area contributed by atoms with Crippen LogP contribution in [0, 0.1) is 6.92 Å². The van der Waals surface area contributed by atoms with E-state index >= 15 is 0 Å². The molecule has 20 heavy (non-hydrogen) atoms. The molecule has 0 aromatic heterocycles. The van der Waals surface area contributed by atoms with E-state index in [9.17, 15) is 0 Å². The first kappa shape index (κ1) is 18.7. The molecule has 2 N–H and O–H groups in total. The van der Waals surface area contributed by atoms with Crippen LogP contribution in [0.5, 0.6) is 0 Å². The normalized spacial score (nSPS) is 9.80. The third-order valence-electron chi connectivity index (χ3n) is 2.89. The molecule has 0 aliphatic rings. The molecule has 0 heterocycles. The van der Waals surface area contributed by atoms with Crippen LogP contribution in [0.3, 0.4) is 0 Å². The molecule has 0 spiro atoms. The van der Waals surface area contributed by atoms with E-state index < -0.39 is 0 Å². The molecule has 0 saturated carbocycles. The largest absolute Gasteiger partial charge is 0.383 e. The molecule has 0 aliphatic heterocycles. The lowest BCUT2D eigenvalue weighted by Gasteiger charge is -2.16. The third-order valence-corrected chi connectivity index (χ3v) is 2.89. The van der Waals surface area contributed by atoms with Gasteiger partial charge in [-0.25, -0.2) is 0 Å². The highest BCUT2D eigenvalue weighted by molar-refractivity contribution is 5.68. The maximum absolute atomic E-state index is 3.55. The van der Waals surface area contributed by atoms with Crippen molar-refractivity contribution in [1.82, 2.24) is 10.6 Å². The predicted octanol–water partition coefficient (Wildman–Crippen LogP) is 4.36. The zero-order valence-electron chi connectivity index (χ0n) is 14.3. The summed E-state index contributed by atoms with van der Waals surface area (Å²) >= 11 is 0. The van der Waals surface area contributed by atoms with E-state index in [-0.39, 0.29) is 0 Å². The molecule has 1 aromatic rings. The Morgan fingerprint density at radius 1 is 1.05 bits per heavy atom. The van der Waals surface area contributed by atoms with Crippen molar-refractivity contribution in [3.63, 3.8) is 0 Å². The highest BCUT2D eigenvalue weighted by Gasteiger charge is 2.05. The Labute approximate surface area is 125 Å². The molecule has 2 nitrogen and oxygen atoms in total. The highest BCUT2D eigenvalue weighted by Crippen LogP contribution is 2.19. The second kappa shape index (κ2) is 10.5. The van der Waals surface area contributed by atoms with Crippen molar-refractivity contribution in [2.45, 2.75) is 54.5 Å². The number of aryl methyl sites for hydroxylation is 1. The Balaban J connectivity index is 0.00000172. The van der Waals surface area contributed by atoms with Gasteiger partial charge in [0.25, 0.3) is 0 Å². The van der Waals surface area contributed by atoms with E-state index in [1.165, 1.54) is 22.4 Å². The summed E-state index contributed by atoms with van der Waals surface area (Å²) in [6.45, 7) is 16.8. The Morgan fingerprint density at radius 2 is 1.65 bits per heavy atom. The third kappa shape index (κ3) is 6.76. The number of allylic oxidation sites excluding steroid dienone is 1. The van der Waals surface area contributed by atoms with Gasteiger partial charge in [0.15, 0.2) is 0 Å². The topological polar surface area (TPSA) is 24.1 Å². The van der Waals surface area contributed by atoms with Crippen LogP contribution in [-0.4, -0.2) is 19.1 Å². The molecule has 1 aromatic carbocycles. The fraction of sp³-hybridized carbons (Fsp3) is 0.556. The summed E-state index contributed by atoms with van der Waals surface area (Å²) in [5.41, 5.74) is 5.22. The monoisotopic (exact) mass is 276 g/mol. The average Bonchev–Trinajstić information content (AvgIpc) is 2.42. The van der Waals surface area contributed by atoms with Gasteiger partial charge in [-0.1, -0.05) is 57.5 Å². The van der Waals surface area contributed by atoms with E-state index in [0.717, 1.165) is 13.1 Å². The quantitative estimate of drug-likeness (QED) is 0.754. The summed E-state index contributed by atoms with van der Waals surface area (Å²) in [6.07, 6.45) is 0. The number of hydrogen-bond acceptors (Lipinski definition) is 2. The van der Waals surface area contributed by atoms with Crippen molar-refractivity contribution in [2.75, 3.05) is 13.1 Å². The first-order chi connectivity index (χ1) is 9.52. The van der Waals surface area contributed by atoms with Crippen LogP contribution in [0.2, 0.25) is 0 Å². The molecule has 0 amide bonds. The molecule has 0 fully saturated rings. The molecular formula is C18H32N2. The van der Waals surface area contributed by atoms with Gasteiger partial charge in [0, 0.05) is 30.4 Å². The molecule has 0 bridgehead atoms. The Kier molecular flexibility index (Phi) is 9.83. The lowest BCUT2D eigenvalue weighted by molar-refractivity contribution is 0.582. The fourth-order valence-corrected chi connectivity index (χ4v) is 1.94. The van der Waals surface area contributed by atoms with Crippen molar-refractivity contribution < 1.29 is 0 Å². The number of hydrogen-bond donors (Lipinski definition) is 2. The molecule has 0 radical (unpaired) electrons. The summed E-state index contributed by atoms with van der Waals surface area (Å²) in [4.78, 5) is 0. The summed E-state index contributed by atoms with van der Waals surface area (Å²) in [5, 5.41) is 6.97. The average molecular weight is 276 g/mol. The van der Waals surface area contributed by atoms with Gasteiger partial charge in [0.2, 0.25) is 0 Å². The minimum absolute atomic E-state index is 0.542. The molecule has 114 valence electrons. The second-order valence-corrected chi connectivity index (χ2v) is 5.23. The first-order valence-corrected chi connectivity index (χ1v) is 7.73. The molecule has 0 aliphatic carbocycles. The first-order valence-electron chi connectivity index (χ1n) is 7.73. The van der Waals surface area contributed by atoms with Gasteiger partial charge in [-0.3, -0.25) is 0 Å². The van der Waals surface area contributed by atoms with Gasteiger partial charge in [-0.2, -0.15) is 0 Å². The summed E-state index contributed by atoms with van der Waals surface area (Å²) in [5.74, 6) is 0. The summed E-state index contributed by atoms with van der Waals surface area (Å²) < 4.78 is 0.